The first-order chi connectivity index (χ1) is 12.8. The molecule has 1 fully saturated rings. The summed E-state index contributed by atoms with van der Waals surface area (Å²) >= 11 is 6.70. The number of anilines is 1. The molecule has 0 atom stereocenters. The van der Waals surface area contributed by atoms with Crippen LogP contribution in [-0.4, -0.2) is 33.6 Å². The van der Waals surface area contributed by atoms with Crippen LogP contribution in [0.1, 0.15) is 11.1 Å². The third-order valence-electron chi connectivity index (χ3n) is 3.84. The van der Waals surface area contributed by atoms with Crippen molar-refractivity contribution in [2.45, 2.75) is 6.92 Å². The Kier molecular flexibility index (Phi) is 5.53. The standard InChI is InChI=1S/C19H15ClN2O4S/c1-11-2-5-13(20)9-15(11)21-17(24)10-22-18(25)16(27-19(22)26)8-12-3-6-14(23)7-4-12/h2-9,23H,10H2,1H3,(H,21,24)/b16-8+. The molecule has 1 saturated heterocycles. The maximum Gasteiger partial charge on any atom is 0.294 e. The lowest BCUT2D eigenvalue weighted by Crippen LogP contribution is -2.36. The van der Waals surface area contributed by atoms with Crippen LogP contribution >= 0.6 is 23.4 Å². The van der Waals surface area contributed by atoms with Crippen molar-refractivity contribution in [2.75, 3.05) is 11.9 Å². The number of carbonyl (C=O) groups excluding carboxylic acids is 3. The van der Waals surface area contributed by atoms with Crippen molar-refractivity contribution in [3.05, 3.63) is 63.5 Å². The van der Waals surface area contributed by atoms with Crippen molar-refractivity contribution in [3.63, 3.8) is 0 Å². The topological polar surface area (TPSA) is 86.7 Å². The quantitative estimate of drug-likeness (QED) is 0.754. The van der Waals surface area contributed by atoms with E-state index in [-0.39, 0.29) is 17.2 Å². The molecule has 1 heterocycles. The predicted octanol–water partition coefficient (Wildman–Crippen LogP) is 4.03. The normalized spacial score (nSPS) is 15.5. The van der Waals surface area contributed by atoms with Crippen LogP contribution in [-0.2, 0) is 9.59 Å². The zero-order chi connectivity index (χ0) is 19.6. The lowest BCUT2D eigenvalue weighted by atomic mass is 10.2. The van der Waals surface area contributed by atoms with Crippen molar-refractivity contribution < 1.29 is 19.5 Å². The minimum atomic E-state index is -0.531. The van der Waals surface area contributed by atoms with E-state index in [2.05, 4.69) is 5.32 Å². The van der Waals surface area contributed by atoms with E-state index in [9.17, 15) is 19.5 Å². The molecule has 3 rings (SSSR count). The first-order valence-electron chi connectivity index (χ1n) is 7.94. The molecule has 0 aromatic heterocycles. The van der Waals surface area contributed by atoms with Gasteiger partial charge in [0.1, 0.15) is 12.3 Å². The van der Waals surface area contributed by atoms with Gasteiger partial charge in [0, 0.05) is 10.7 Å². The summed E-state index contributed by atoms with van der Waals surface area (Å²) in [6.07, 6.45) is 1.55. The molecule has 0 unspecified atom stereocenters. The van der Waals surface area contributed by atoms with Gasteiger partial charge in [0.15, 0.2) is 0 Å². The molecule has 6 nitrogen and oxygen atoms in total. The highest BCUT2D eigenvalue weighted by Crippen LogP contribution is 2.32. The van der Waals surface area contributed by atoms with Crippen molar-refractivity contribution in [3.8, 4) is 5.75 Å². The number of imide groups is 1. The number of phenols is 1. The molecule has 27 heavy (non-hydrogen) atoms. The van der Waals surface area contributed by atoms with E-state index >= 15 is 0 Å². The van der Waals surface area contributed by atoms with E-state index in [1.165, 1.54) is 12.1 Å². The van der Waals surface area contributed by atoms with E-state index < -0.39 is 17.1 Å². The maximum absolute atomic E-state index is 12.5. The molecule has 0 radical (unpaired) electrons. The van der Waals surface area contributed by atoms with Crippen LogP contribution in [0.5, 0.6) is 5.75 Å². The largest absolute Gasteiger partial charge is 0.508 e. The summed E-state index contributed by atoms with van der Waals surface area (Å²) in [5, 5.41) is 11.9. The van der Waals surface area contributed by atoms with Gasteiger partial charge >= 0.3 is 0 Å². The van der Waals surface area contributed by atoms with Gasteiger partial charge in [-0.1, -0.05) is 29.8 Å². The number of phenolic OH excluding ortho intramolecular Hbond substituents is 1. The molecule has 3 amide bonds. The SMILES string of the molecule is Cc1ccc(Cl)cc1NC(=O)CN1C(=O)S/C(=C/c2ccc(O)cc2)C1=O. The average Bonchev–Trinajstić information content (AvgIpc) is 2.87. The van der Waals surface area contributed by atoms with Gasteiger partial charge in [-0.2, -0.15) is 0 Å². The molecule has 138 valence electrons. The average molecular weight is 403 g/mol. The molecule has 2 aromatic rings. The fraction of sp³-hybridized carbons (Fsp3) is 0.105. The number of aryl methyl sites for hydroxylation is 1. The molecule has 2 N–H and O–H groups in total. The summed E-state index contributed by atoms with van der Waals surface area (Å²) in [4.78, 5) is 38.0. The molecule has 0 saturated carbocycles. The Morgan fingerprint density at radius 2 is 1.93 bits per heavy atom. The lowest BCUT2D eigenvalue weighted by Gasteiger charge is -2.13. The summed E-state index contributed by atoms with van der Waals surface area (Å²) < 4.78 is 0. The van der Waals surface area contributed by atoms with Crippen LogP contribution in [0.2, 0.25) is 5.02 Å². The van der Waals surface area contributed by atoms with E-state index in [4.69, 9.17) is 11.6 Å². The summed E-state index contributed by atoms with van der Waals surface area (Å²) in [5.74, 6) is -0.919. The number of benzene rings is 2. The molecular weight excluding hydrogens is 388 g/mol. The number of hydrogen-bond acceptors (Lipinski definition) is 5. The van der Waals surface area contributed by atoms with Gasteiger partial charge < -0.3 is 10.4 Å². The Labute approximate surface area is 164 Å². The molecule has 0 spiro atoms. The fourth-order valence-corrected chi connectivity index (χ4v) is 3.43. The number of rotatable bonds is 4. The number of amides is 3. The van der Waals surface area contributed by atoms with E-state index in [1.54, 1.807) is 36.4 Å². The second-order valence-corrected chi connectivity index (χ2v) is 7.30. The number of carbonyl (C=O) groups is 3. The Bertz CT molecular complexity index is 957. The van der Waals surface area contributed by atoms with Crippen LogP contribution < -0.4 is 5.32 Å². The van der Waals surface area contributed by atoms with Crippen molar-refractivity contribution in [1.82, 2.24) is 4.90 Å². The smallest absolute Gasteiger partial charge is 0.294 e. The molecular formula is C19H15ClN2O4S. The molecule has 8 heteroatoms. The second-order valence-electron chi connectivity index (χ2n) is 5.87. The van der Waals surface area contributed by atoms with Gasteiger partial charge in [-0.05, 0) is 60.2 Å². The number of nitrogens with zero attached hydrogens (tertiary/aromatic N) is 1. The summed E-state index contributed by atoms with van der Waals surface area (Å²) in [6.45, 7) is 1.43. The number of nitrogens with one attached hydrogen (secondary N) is 1. The summed E-state index contributed by atoms with van der Waals surface area (Å²) in [5.41, 5.74) is 2.01. The first-order valence-corrected chi connectivity index (χ1v) is 9.13. The highest BCUT2D eigenvalue weighted by atomic mass is 35.5. The number of halogens is 1. The third-order valence-corrected chi connectivity index (χ3v) is 4.98. The highest BCUT2D eigenvalue weighted by molar-refractivity contribution is 8.18. The van der Waals surface area contributed by atoms with Gasteiger partial charge in [-0.15, -0.1) is 0 Å². The lowest BCUT2D eigenvalue weighted by molar-refractivity contribution is -0.127. The fourth-order valence-electron chi connectivity index (χ4n) is 2.42. The van der Waals surface area contributed by atoms with Gasteiger partial charge in [-0.3, -0.25) is 19.3 Å². The van der Waals surface area contributed by atoms with Gasteiger partial charge in [-0.25, -0.2) is 0 Å². The third kappa shape index (κ3) is 4.50. The molecule has 1 aliphatic rings. The van der Waals surface area contributed by atoms with Crippen molar-refractivity contribution in [2.24, 2.45) is 0 Å². The zero-order valence-corrected chi connectivity index (χ0v) is 15.8. The van der Waals surface area contributed by atoms with E-state index in [0.29, 0.717) is 16.3 Å². The van der Waals surface area contributed by atoms with E-state index in [1.807, 2.05) is 6.92 Å². The summed E-state index contributed by atoms with van der Waals surface area (Å²) in [6, 6.07) is 11.3. The van der Waals surface area contributed by atoms with E-state index in [0.717, 1.165) is 22.2 Å². The van der Waals surface area contributed by atoms with Crippen molar-refractivity contribution in [1.29, 1.82) is 0 Å². The highest BCUT2D eigenvalue weighted by Gasteiger charge is 2.36. The molecule has 1 aliphatic heterocycles. The van der Waals surface area contributed by atoms with Gasteiger partial charge in [0.05, 0.1) is 4.91 Å². The monoisotopic (exact) mass is 402 g/mol. The van der Waals surface area contributed by atoms with Crippen LogP contribution in [0.15, 0.2) is 47.4 Å². The molecule has 2 aromatic carbocycles. The van der Waals surface area contributed by atoms with Crippen LogP contribution in [0.4, 0.5) is 10.5 Å². The van der Waals surface area contributed by atoms with Crippen LogP contribution in [0, 0.1) is 6.92 Å². The van der Waals surface area contributed by atoms with Gasteiger partial charge in [0.2, 0.25) is 5.91 Å². The maximum atomic E-state index is 12.5. The Hall–Kier alpha value is -2.77. The zero-order valence-electron chi connectivity index (χ0n) is 14.2. The Balaban J connectivity index is 1.71. The van der Waals surface area contributed by atoms with Crippen LogP contribution in [0.25, 0.3) is 6.08 Å². The second kappa shape index (κ2) is 7.85. The summed E-state index contributed by atoms with van der Waals surface area (Å²) in [7, 11) is 0. The van der Waals surface area contributed by atoms with Gasteiger partial charge in [0.25, 0.3) is 11.1 Å². The Morgan fingerprint density at radius 1 is 1.22 bits per heavy atom. The van der Waals surface area contributed by atoms with Crippen molar-refractivity contribution >= 4 is 52.2 Å². The number of thioether (sulfide) groups is 1. The first kappa shape index (κ1) is 19.0. The van der Waals surface area contributed by atoms with Crippen LogP contribution in [0.3, 0.4) is 0 Å². The minimum absolute atomic E-state index is 0.105. The molecule has 0 bridgehead atoms. The Morgan fingerprint density at radius 3 is 2.63 bits per heavy atom. The predicted molar refractivity (Wildman–Crippen MR) is 106 cm³/mol. The minimum Gasteiger partial charge on any atom is -0.508 e. The number of hydrogen-bond donors (Lipinski definition) is 2. The molecule has 0 aliphatic carbocycles. The number of aromatic hydroxyl groups is 1.